The van der Waals surface area contributed by atoms with Crippen LogP contribution >= 0.6 is 23.2 Å². The number of anilines is 1. The van der Waals surface area contributed by atoms with E-state index in [4.69, 9.17) is 28.3 Å². The third kappa shape index (κ3) is 2.40. The van der Waals surface area contributed by atoms with Gasteiger partial charge in [-0.1, -0.05) is 23.2 Å². The van der Waals surface area contributed by atoms with Gasteiger partial charge in [0.1, 0.15) is 10.8 Å². The fourth-order valence-electron chi connectivity index (χ4n) is 0.884. The molecule has 0 atom stereocenters. The Balaban J connectivity index is 2.96. The van der Waals surface area contributed by atoms with Gasteiger partial charge < -0.3 is 15.5 Å². The molecule has 5 heteroatoms. The van der Waals surface area contributed by atoms with Gasteiger partial charge in [0, 0.05) is 6.54 Å². The van der Waals surface area contributed by atoms with Crippen molar-refractivity contribution in [3.8, 4) is 5.75 Å². The van der Waals surface area contributed by atoms with Gasteiger partial charge in [0.2, 0.25) is 0 Å². The number of benzene rings is 1. The molecule has 0 bridgehead atoms. The topological polar surface area (TPSA) is 52.5 Å². The monoisotopic (exact) mass is 221 g/mol. The van der Waals surface area contributed by atoms with Gasteiger partial charge in [-0.05, 0) is 12.1 Å². The molecular formula is C8H9Cl2NO2. The van der Waals surface area contributed by atoms with Crippen LogP contribution < -0.4 is 5.32 Å². The summed E-state index contributed by atoms with van der Waals surface area (Å²) in [6.45, 7) is 0.311. The number of aliphatic hydroxyl groups is 1. The van der Waals surface area contributed by atoms with E-state index in [9.17, 15) is 5.11 Å². The lowest BCUT2D eigenvalue weighted by molar-refractivity contribution is 0.311. The fourth-order valence-corrected chi connectivity index (χ4v) is 1.39. The normalized spacial score (nSPS) is 10.1. The molecule has 0 saturated heterocycles. The summed E-state index contributed by atoms with van der Waals surface area (Å²) in [5.74, 6) is -0.0356. The molecule has 72 valence electrons. The van der Waals surface area contributed by atoms with Gasteiger partial charge in [-0.25, -0.2) is 0 Å². The van der Waals surface area contributed by atoms with E-state index in [0.717, 1.165) is 0 Å². The Morgan fingerprint density at radius 2 is 2.00 bits per heavy atom. The van der Waals surface area contributed by atoms with E-state index < -0.39 is 0 Å². The summed E-state index contributed by atoms with van der Waals surface area (Å²) in [6.07, 6.45) is 0. The summed E-state index contributed by atoms with van der Waals surface area (Å²) in [5, 5.41) is 21.2. The maximum absolute atomic E-state index is 9.23. The summed E-state index contributed by atoms with van der Waals surface area (Å²) < 4.78 is 0. The first kappa shape index (κ1) is 10.4. The molecule has 0 fully saturated rings. The molecule has 0 aliphatic rings. The SMILES string of the molecule is OCCNc1c(Cl)ccc(O)c1Cl. The van der Waals surface area contributed by atoms with Crippen molar-refractivity contribution in [2.45, 2.75) is 0 Å². The molecule has 3 N–H and O–H groups in total. The number of rotatable bonds is 3. The minimum absolute atomic E-state index is 0.0255. The van der Waals surface area contributed by atoms with Gasteiger partial charge in [0.25, 0.3) is 0 Å². The molecule has 0 aliphatic heterocycles. The van der Waals surface area contributed by atoms with E-state index in [-0.39, 0.29) is 17.4 Å². The van der Waals surface area contributed by atoms with Crippen LogP contribution in [-0.4, -0.2) is 23.4 Å². The molecule has 13 heavy (non-hydrogen) atoms. The summed E-state index contributed by atoms with van der Waals surface area (Å²) >= 11 is 11.6. The lowest BCUT2D eigenvalue weighted by Gasteiger charge is -2.09. The molecule has 0 spiro atoms. The standard InChI is InChI=1S/C8H9Cl2NO2/c9-5-1-2-6(13)7(10)8(5)11-3-4-12/h1-2,11-13H,3-4H2. The Morgan fingerprint density at radius 3 is 2.62 bits per heavy atom. The summed E-state index contributed by atoms with van der Waals surface area (Å²) in [7, 11) is 0. The van der Waals surface area contributed by atoms with Crippen LogP contribution in [0.25, 0.3) is 0 Å². The first-order valence-electron chi connectivity index (χ1n) is 3.68. The summed E-state index contributed by atoms with van der Waals surface area (Å²) in [5.41, 5.74) is 0.442. The van der Waals surface area contributed by atoms with Crippen LogP contribution in [-0.2, 0) is 0 Å². The molecule has 1 rings (SSSR count). The fraction of sp³-hybridized carbons (Fsp3) is 0.250. The Labute approximate surface area is 85.9 Å². The molecule has 0 aromatic heterocycles. The van der Waals surface area contributed by atoms with Crippen molar-refractivity contribution < 1.29 is 10.2 Å². The highest BCUT2D eigenvalue weighted by atomic mass is 35.5. The van der Waals surface area contributed by atoms with E-state index in [1.54, 1.807) is 0 Å². The van der Waals surface area contributed by atoms with Gasteiger partial charge in [-0.15, -0.1) is 0 Å². The van der Waals surface area contributed by atoms with Crippen LogP contribution in [0.15, 0.2) is 12.1 Å². The lowest BCUT2D eigenvalue weighted by Crippen LogP contribution is -2.06. The minimum Gasteiger partial charge on any atom is -0.506 e. The van der Waals surface area contributed by atoms with Gasteiger partial charge in [0.15, 0.2) is 0 Å². The largest absolute Gasteiger partial charge is 0.506 e. The highest BCUT2D eigenvalue weighted by Gasteiger charge is 2.08. The van der Waals surface area contributed by atoms with Gasteiger partial charge in [-0.2, -0.15) is 0 Å². The molecule has 0 heterocycles. The van der Waals surface area contributed by atoms with Crippen molar-refractivity contribution in [3.05, 3.63) is 22.2 Å². The van der Waals surface area contributed by atoms with Crippen molar-refractivity contribution in [3.63, 3.8) is 0 Å². The molecule has 0 saturated carbocycles. The zero-order chi connectivity index (χ0) is 9.84. The minimum atomic E-state index is -0.0356. The molecular weight excluding hydrogens is 213 g/mol. The van der Waals surface area contributed by atoms with Crippen LogP contribution in [0.1, 0.15) is 0 Å². The van der Waals surface area contributed by atoms with Crippen molar-refractivity contribution >= 4 is 28.9 Å². The second-order valence-electron chi connectivity index (χ2n) is 2.41. The summed E-state index contributed by atoms with van der Waals surface area (Å²) in [6, 6.07) is 2.94. The van der Waals surface area contributed by atoms with E-state index >= 15 is 0 Å². The number of phenolic OH excluding ortho intramolecular Hbond substituents is 1. The summed E-state index contributed by atoms with van der Waals surface area (Å²) in [4.78, 5) is 0. The molecule has 0 amide bonds. The maximum atomic E-state index is 9.23. The van der Waals surface area contributed by atoms with Crippen LogP contribution in [0.2, 0.25) is 10.0 Å². The predicted molar refractivity (Wildman–Crippen MR) is 53.7 cm³/mol. The van der Waals surface area contributed by atoms with Gasteiger partial charge in [0.05, 0.1) is 17.3 Å². The lowest BCUT2D eigenvalue weighted by atomic mass is 10.3. The molecule has 0 unspecified atom stereocenters. The van der Waals surface area contributed by atoms with Crippen molar-refractivity contribution in [1.82, 2.24) is 0 Å². The van der Waals surface area contributed by atoms with Crippen LogP contribution in [0.4, 0.5) is 5.69 Å². The van der Waals surface area contributed by atoms with Crippen molar-refractivity contribution in [2.24, 2.45) is 0 Å². The van der Waals surface area contributed by atoms with Crippen LogP contribution in [0.5, 0.6) is 5.75 Å². The van der Waals surface area contributed by atoms with Gasteiger partial charge >= 0.3 is 0 Å². The second kappa shape index (κ2) is 4.56. The number of halogens is 2. The van der Waals surface area contributed by atoms with E-state index in [2.05, 4.69) is 5.32 Å². The number of hydrogen-bond donors (Lipinski definition) is 3. The zero-order valence-corrected chi connectivity index (χ0v) is 8.23. The quantitative estimate of drug-likeness (QED) is 0.733. The van der Waals surface area contributed by atoms with Crippen molar-refractivity contribution in [2.75, 3.05) is 18.5 Å². The number of aromatic hydroxyl groups is 1. The second-order valence-corrected chi connectivity index (χ2v) is 3.19. The van der Waals surface area contributed by atoms with Crippen LogP contribution in [0, 0.1) is 0 Å². The highest BCUT2D eigenvalue weighted by molar-refractivity contribution is 6.40. The Morgan fingerprint density at radius 1 is 1.31 bits per heavy atom. The number of nitrogens with one attached hydrogen (secondary N) is 1. The molecule has 1 aromatic carbocycles. The first-order chi connectivity index (χ1) is 6.16. The zero-order valence-electron chi connectivity index (χ0n) is 6.72. The van der Waals surface area contributed by atoms with Gasteiger partial charge in [-0.3, -0.25) is 0 Å². The smallest absolute Gasteiger partial charge is 0.136 e. The predicted octanol–water partition coefficient (Wildman–Crippen LogP) is 2.10. The average molecular weight is 222 g/mol. The molecule has 0 aliphatic carbocycles. The van der Waals surface area contributed by atoms with E-state index in [1.165, 1.54) is 12.1 Å². The molecule has 3 nitrogen and oxygen atoms in total. The van der Waals surface area contributed by atoms with E-state index in [1.807, 2.05) is 0 Å². The third-order valence-corrected chi connectivity index (χ3v) is 2.18. The first-order valence-corrected chi connectivity index (χ1v) is 4.44. The van der Waals surface area contributed by atoms with Crippen LogP contribution in [0.3, 0.4) is 0 Å². The molecule has 0 radical (unpaired) electrons. The Hall–Kier alpha value is -0.640. The molecule has 1 aromatic rings. The number of hydrogen-bond acceptors (Lipinski definition) is 3. The number of aliphatic hydroxyl groups excluding tert-OH is 1. The number of phenols is 1. The maximum Gasteiger partial charge on any atom is 0.136 e. The third-order valence-electron chi connectivity index (χ3n) is 1.48. The highest BCUT2D eigenvalue weighted by Crippen LogP contribution is 2.36. The Kier molecular flexibility index (Phi) is 3.66. The Bertz CT molecular complexity index is 304. The van der Waals surface area contributed by atoms with E-state index in [0.29, 0.717) is 17.3 Å². The van der Waals surface area contributed by atoms with Crippen molar-refractivity contribution in [1.29, 1.82) is 0 Å². The average Bonchev–Trinajstić information content (AvgIpc) is 2.12.